The van der Waals surface area contributed by atoms with Gasteiger partial charge >= 0.3 is 0 Å². The van der Waals surface area contributed by atoms with E-state index in [9.17, 15) is 0 Å². The molecule has 0 unspecified atom stereocenters. The lowest BCUT2D eigenvalue weighted by Crippen LogP contribution is -2.23. The molecule has 1 aromatic carbocycles. The smallest absolute Gasteiger partial charge is 0.0443 e. The van der Waals surface area contributed by atoms with E-state index in [2.05, 4.69) is 24.1 Å². The van der Waals surface area contributed by atoms with Crippen LogP contribution in [0.5, 0.6) is 0 Å². The van der Waals surface area contributed by atoms with E-state index in [-0.39, 0.29) is 6.61 Å². The van der Waals surface area contributed by atoms with Crippen LogP contribution in [0.25, 0.3) is 0 Å². The van der Waals surface area contributed by atoms with Crippen LogP contribution in [0.4, 0.5) is 5.69 Å². The molecule has 0 fully saturated rings. The molecule has 0 saturated carbocycles. The van der Waals surface area contributed by atoms with Gasteiger partial charge in [-0.15, -0.1) is 0 Å². The van der Waals surface area contributed by atoms with Crippen LogP contribution in [0.15, 0.2) is 24.3 Å². The maximum absolute atomic E-state index is 8.69. The maximum Gasteiger partial charge on any atom is 0.0443 e. The van der Waals surface area contributed by atoms with Gasteiger partial charge in [-0.3, -0.25) is 0 Å². The lowest BCUT2D eigenvalue weighted by Gasteiger charge is -2.15. The fraction of sp³-hybridized carbons (Fsp3) is 0.500. The average Bonchev–Trinajstić information content (AvgIpc) is 2.25. The minimum atomic E-state index is 0.270. The van der Waals surface area contributed by atoms with Gasteiger partial charge in [0.1, 0.15) is 0 Å². The second-order valence-corrected chi connectivity index (χ2v) is 3.87. The van der Waals surface area contributed by atoms with Crippen molar-refractivity contribution in [1.82, 2.24) is 4.90 Å². The molecular weight excluding hydrogens is 188 g/mol. The zero-order chi connectivity index (χ0) is 11.1. The number of aliphatic hydroxyl groups is 1. The third-order valence-electron chi connectivity index (χ3n) is 2.46. The molecule has 0 radical (unpaired) electrons. The highest BCUT2D eigenvalue weighted by molar-refractivity contribution is 5.39. The van der Waals surface area contributed by atoms with Crippen LogP contribution < -0.4 is 5.73 Å². The van der Waals surface area contributed by atoms with Gasteiger partial charge in [0.15, 0.2) is 0 Å². The fourth-order valence-electron chi connectivity index (χ4n) is 1.46. The summed E-state index contributed by atoms with van der Waals surface area (Å²) < 4.78 is 0. The van der Waals surface area contributed by atoms with Crippen molar-refractivity contribution >= 4 is 5.69 Å². The largest absolute Gasteiger partial charge is 0.399 e. The molecule has 0 spiro atoms. The van der Waals surface area contributed by atoms with E-state index in [4.69, 9.17) is 10.8 Å². The van der Waals surface area contributed by atoms with Crippen molar-refractivity contribution in [2.45, 2.75) is 12.8 Å². The topological polar surface area (TPSA) is 49.5 Å². The van der Waals surface area contributed by atoms with Gasteiger partial charge in [-0.2, -0.15) is 0 Å². The van der Waals surface area contributed by atoms with Gasteiger partial charge in [0.25, 0.3) is 0 Å². The summed E-state index contributed by atoms with van der Waals surface area (Å²) in [6.45, 7) is 2.24. The number of nitrogens with two attached hydrogens (primary N) is 1. The van der Waals surface area contributed by atoms with E-state index < -0.39 is 0 Å². The van der Waals surface area contributed by atoms with Crippen molar-refractivity contribution in [2.24, 2.45) is 0 Å². The summed E-state index contributed by atoms with van der Waals surface area (Å²) in [4.78, 5) is 2.23. The Kier molecular flexibility index (Phi) is 5.15. The standard InChI is InChI=1S/C12H20N2O/c1-14(8-2-10-15)9-7-11-3-5-12(13)6-4-11/h3-6,15H,2,7-10,13H2,1H3. The Morgan fingerprint density at radius 3 is 2.47 bits per heavy atom. The minimum Gasteiger partial charge on any atom is -0.399 e. The molecule has 3 N–H and O–H groups in total. The van der Waals surface area contributed by atoms with Crippen molar-refractivity contribution in [3.63, 3.8) is 0 Å². The predicted octanol–water partition coefficient (Wildman–Crippen LogP) is 1.13. The first kappa shape index (κ1) is 12.0. The summed E-state index contributed by atoms with van der Waals surface area (Å²) in [5.74, 6) is 0. The maximum atomic E-state index is 8.69. The Morgan fingerprint density at radius 2 is 1.87 bits per heavy atom. The molecule has 0 bridgehead atoms. The van der Waals surface area contributed by atoms with Crippen LogP contribution >= 0.6 is 0 Å². The van der Waals surface area contributed by atoms with Crippen molar-refractivity contribution in [1.29, 1.82) is 0 Å². The van der Waals surface area contributed by atoms with E-state index >= 15 is 0 Å². The van der Waals surface area contributed by atoms with Gasteiger partial charge in [0.2, 0.25) is 0 Å². The van der Waals surface area contributed by atoms with Crippen LogP contribution in [0.3, 0.4) is 0 Å². The number of likely N-dealkylation sites (N-methyl/N-ethyl adjacent to an activating group) is 1. The number of rotatable bonds is 6. The molecule has 1 rings (SSSR count). The SMILES string of the molecule is CN(CCCO)CCc1ccc(N)cc1. The second-order valence-electron chi connectivity index (χ2n) is 3.87. The van der Waals surface area contributed by atoms with Crippen LogP contribution in [-0.4, -0.2) is 36.8 Å². The number of hydrogen-bond donors (Lipinski definition) is 2. The van der Waals surface area contributed by atoms with Crippen molar-refractivity contribution < 1.29 is 5.11 Å². The first-order valence-electron chi connectivity index (χ1n) is 5.36. The Labute approximate surface area is 91.5 Å². The highest BCUT2D eigenvalue weighted by Crippen LogP contribution is 2.06. The third kappa shape index (κ3) is 4.81. The molecular formula is C12H20N2O. The normalized spacial score (nSPS) is 10.9. The van der Waals surface area contributed by atoms with Gasteiger partial charge in [0.05, 0.1) is 0 Å². The molecule has 0 aliphatic rings. The van der Waals surface area contributed by atoms with Gasteiger partial charge in [-0.25, -0.2) is 0 Å². The number of nitrogens with zero attached hydrogens (tertiary/aromatic N) is 1. The molecule has 0 heterocycles. The van der Waals surface area contributed by atoms with Crippen molar-refractivity contribution in [2.75, 3.05) is 32.5 Å². The Bertz CT molecular complexity index is 271. The molecule has 3 nitrogen and oxygen atoms in total. The second kappa shape index (κ2) is 6.43. The number of aliphatic hydroxyl groups excluding tert-OH is 1. The molecule has 0 amide bonds. The number of benzene rings is 1. The molecule has 0 saturated heterocycles. The summed E-state index contributed by atoms with van der Waals surface area (Å²) in [6, 6.07) is 8.00. The third-order valence-corrected chi connectivity index (χ3v) is 2.46. The lowest BCUT2D eigenvalue weighted by molar-refractivity contribution is 0.248. The van der Waals surface area contributed by atoms with Gasteiger partial charge in [0, 0.05) is 25.4 Å². The summed E-state index contributed by atoms with van der Waals surface area (Å²) >= 11 is 0. The molecule has 0 aromatic heterocycles. The van der Waals surface area contributed by atoms with Gasteiger partial charge in [-0.05, 0) is 37.6 Å². The highest BCUT2D eigenvalue weighted by Gasteiger charge is 1.98. The fourth-order valence-corrected chi connectivity index (χ4v) is 1.46. The Hall–Kier alpha value is -1.06. The highest BCUT2D eigenvalue weighted by atomic mass is 16.3. The summed E-state index contributed by atoms with van der Waals surface area (Å²) in [6.07, 6.45) is 1.88. The van der Waals surface area contributed by atoms with E-state index in [1.54, 1.807) is 0 Å². The first-order chi connectivity index (χ1) is 7.22. The Balaban J connectivity index is 2.27. The predicted molar refractivity (Wildman–Crippen MR) is 63.8 cm³/mol. The molecule has 0 atom stereocenters. The number of hydrogen-bond acceptors (Lipinski definition) is 3. The lowest BCUT2D eigenvalue weighted by atomic mass is 10.1. The van der Waals surface area contributed by atoms with Crippen LogP contribution in [0.1, 0.15) is 12.0 Å². The van der Waals surface area contributed by atoms with Gasteiger partial charge in [-0.1, -0.05) is 12.1 Å². The summed E-state index contributed by atoms with van der Waals surface area (Å²) in [7, 11) is 2.08. The summed E-state index contributed by atoms with van der Waals surface area (Å²) in [5, 5.41) is 8.69. The van der Waals surface area contributed by atoms with Crippen molar-refractivity contribution in [3.8, 4) is 0 Å². The van der Waals surface area contributed by atoms with E-state index in [1.807, 2.05) is 12.1 Å². The number of anilines is 1. The molecule has 0 aliphatic carbocycles. The van der Waals surface area contributed by atoms with Crippen LogP contribution in [-0.2, 0) is 6.42 Å². The first-order valence-corrected chi connectivity index (χ1v) is 5.36. The molecule has 15 heavy (non-hydrogen) atoms. The van der Waals surface area contributed by atoms with Crippen LogP contribution in [0.2, 0.25) is 0 Å². The quantitative estimate of drug-likeness (QED) is 0.689. The molecule has 1 aromatic rings. The van der Waals surface area contributed by atoms with Crippen LogP contribution in [0, 0.1) is 0 Å². The average molecular weight is 208 g/mol. The monoisotopic (exact) mass is 208 g/mol. The molecule has 0 aliphatic heterocycles. The zero-order valence-electron chi connectivity index (χ0n) is 9.32. The summed E-state index contributed by atoms with van der Waals surface area (Å²) in [5.41, 5.74) is 7.73. The van der Waals surface area contributed by atoms with E-state index in [0.29, 0.717) is 0 Å². The Morgan fingerprint density at radius 1 is 1.20 bits per heavy atom. The van der Waals surface area contributed by atoms with E-state index in [0.717, 1.165) is 31.6 Å². The minimum absolute atomic E-state index is 0.270. The number of nitrogen functional groups attached to an aromatic ring is 1. The molecule has 3 heteroatoms. The van der Waals surface area contributed by atoms with Crippen molar-refractivity contribution in [3.05, 3.63) is 29.8 Å². The molecule has 84 valence electrons. The zero-order valence-corrected chi connectivity index (χ0v) is 9.32. The van der Waals surface area contributed by atoms with Gasteiger partial charge < -0.3 is 15.7 Å². The van der Waals surface area contributed by atoms with E-state index in [1.165, 1.54) is 5.56 Å².